The molecule has 0 bridgehead atoms. The first-order valence-electron chi connectivity index (χ1n) is 2.06. The third-order valence-electron chi connectivity index (χ3n) is 0.500. The van der Waals surface area contributed by atoms with Crippen molar-refractivity contribution in [2.75, 3.05) is 6.54 Å². The Morgan fingerprint density at radius 1 is 1.67 bits per heavy atom. The molecule has 1 heteroatoms. The Morgan fingerprint density at radius 2 is 2.33 bits per heavy atom. The Hall–Kier alpha value is -0.300. The van der Waals surface area contributed by atoms with E-state index in [2.05, 4.69) is 6.92 Å². The van der Waals surface area contributed by atoms with Crippen LogP contribution in [-0.2, 0) is 0 Å². The van der Waals surface area contributed by atoms with Crippen molar-refractivity contribution in [3.8, 4) is 0 Å². The third-order valence-corrected chi connectivity index (χ3v) is 0.500. The van der Waals surface area contributed by atoms with Gasteiger partial charge in [0.1, 0.15) is 0 Å². The van der Waals surface area contributed by atoms with E-state index in [1.54, 1.807) is 6.08 Å². The summed E-state index contributed by atoms with van der Waals surface area (Å²) in [5.74, 6) is 0. The van der Waals surface area contributed by atoms with Crippen LogP contribution in [0.5, 0.6) is 0 Å². The molecule has 0 amide bonds. The first kappa shape index (κ1) is 5.70. The highest BCUT2D eigenvalue weighted by Gasteiger charge is 1.64. The van der Waals surface area contributed by atoms with Crippen LogP contribution in [0.1, 0.15) is 6.42 Å². The average molecular weight is 84.1 g/mol. The second-order valence-corrected chi connectivity index (χ2v) is 1.05. The molecule has 0 rings (SSSR count). The highest BCUT2D eigenvalue weighted by atomic mass is 14.5. The van der Waals surface area contributed by atoms with E-state index in [0.717, 1.165) is 13.0 Å². The zero-order valence-corrected chi connectivity index (χ0v) is 3.85. The lowest BCUT2D eigenvalue weighted by Crippen LogP contribution is -1.94. The molecule has 0 atom stereocenters. The Balaban J connectivity index is 2.66. The maximum absolute atomic E-state index is 5.14. The van der Waals surface area contributed by atoms with Crippen LogP contribution in [0.25, 0.3) is 0 Å². The van der Waals surface area contributed by atoms with E-state index in [9.17, 15) is 0 Å². The normalized spacial score (nSPS) is 10.3. The number of hydrogen-bond acceptors (Lipinski definition) is 1. The van der Waals surface area contributed by atoms with Crippen molar-refractivity contribution in [2.45, 2.75) is 6.42 Å². The van der Waals surface area contributed by atoms with Gasteiger partial charge in [-0.25, -0.2) is 0 Å². The molecule has 0 aliphatic carbocycles. The van der Waals surface area contributed by atoms with Gasteiger partial charge in [-0.1, -0.05) is 12.2 Å². The number of allylic oxidation sites excluding steroid dienone is 1. The predicted octanol–water partition coefficient (Wildman–Crippen LogP) is 0.725. The average Bonchev–Trinajstić information content (AvgIpc) is 1.61. The van der Waals surface area contributed by atoms with Crippen molar-refractivity contribution < 1.29 is 0 Å². The van der Waals surface area contributed by atoms with Gasteiger partial charge in [-0.05, 0) is 19.9 Å². The van der Waals surface area contributed by atoms with Crippen LogP contribution in [0.3, 0.4) is 0 Å². The summed E-state index contributed by atoms with van der Waals surface area (Å²) in [6.45, 7) is 4.22. The molecule has 6 heavy (non-hydrogen) atoms. The van der Waals surface area contributed by atoms with Gasteiger partial charge in [0.2, 0.25) is 0 Å². The second kappa shape index (κ2) is 4.70. The molecule has 0 aromatic carbocycles. The van der Waals surface area contributed by atoms with Crippen LogP contribution in [0.4, 0.5) is 0 Å². The van der Waals surface area contributed by atoms with Crippen molar-refractivity contribution in [1.82, 2.24) is 0 Å². The van der Waals surface area contributed by atoms with E-state index >= 15 is 0 Å². The Labute approximate surface area is 38.8 Å². The first-order valence-corrected chi connectivity index (χ1v) is 2.06. The minimum Gasteiger partial charge on any atom is -0.330 e. The smallest absolute Gasteiger partial charge is 0.00426 e. The summed E-state index contributed by atoms with van der Waals surface area (Å²) in [5.41, 5.74) is 5.14. The molecule has 0 heterocycles. The number of hydrogen-bond donors (Lipinski definition) is 1. The van der Waals surface area contributed by atoms with E-state index in [-0.39, 0.29) is 0 Å². The van der Waals surface area contributed by atoms with Gasteiger partial charge in [-0.2, -0.15) is 0 Å². The summed E-state index contributed by atoms with van der Waals surface area (Å²) in [6, 6.07) is 0. The van der Waals surface area contributed by atoms with Crippen LogP contribution in [-0.4, -0.2) is 6.54 Å². The minimum atomic E-state index is 0.728. The van der Waals surface area contributed by atoms with Gasteiger partial charge >= 0.3 is 0 Å². The SMILES string of the molecule is [CH2]C=CCCN. The molecule has 1 nitrogen and oxygen atoms in total. The number of nitrogens with two attached hydrogens (primary N) is 1. The van der Waals surface area contributed by atoms with Crippen molar-refractivity contribution in [2.24, 2.45) is 5.73 Å². The fourth-order valence-corrected chi connectivity index (χ4v) is 0.214. The fourth-order valence-electron chi connectivity index (χ4n) is 0.214. The molecule has 0 aromatic heterocycles. The maximum atomic E-state index is 5.14. The zero-order valence-electron chi connectivity index (χ0n) is 3.85. The molecule has 0 aliphatic heterocycles. The van der Waals surface area contributed by atoms with Crippen molar-refractivity contribution in [3.05, 3.63) is 19.1 Å². The monoisotopic (exact) mass is 84.1 g/mol. The lowest BCUT2D eigenvalue weighted by molar-refractivity contribution is 1.01. The molecule has 0 saturated carbocycles. The van der Waals surface area contributed by atoms with Gasteiger partial charge in [0, 0.05) is 0 Å². The van der Waals surface area contributed by atoms with Crippen LogP contribution >= 0.6 is 0 Å². The molecule has 0 aliphatic rings. The summed E-state index contributed by atoms with van der Waals surface area (Å²) in [5, 5.41) is 0. The van der Waals surface area contributed by atoms with Gasteiger partial charge in [0.15, 0.2) is 0 Å². The molecule has 0 fully saturated rings. The fraction of sp³-hybridized carbons (Fsp3) is 0.400. The summed E-state index contributed by atoms with van der Waals surface area (Å²) in [4.78, 5) is 0. The Kier molecular flexibility index (Phi) is 4.46. The van der Waals surface area contributed by atoms with Gasteiger partial charge in [-0.3, -0.25) is 0 Å². The third kappa shape index (κ3) is 3.70. The van der Waals surface area contributed by atoms with Crippen LogP contribution in [0, 0.1) is 6.92 Å². The van der Waals surface area contributed by atoms with E-state index in [1.807, 2.05) is 6.08 Å². The lowest BCUT2D eigenvalue weighted by Gasteiger charge is -1.77. The largest absolute Gasteiger partial charge is 0.330 e. The van der Waals surface area contributed by atoms with E-state index < -0.39 is 0 Å². The van der Waals surface area contributed by atoms with Crippen molar-refractivity contribution in [1.29, 1.82) is 0 Å². The molecular weight excluding hydrogens is 74.1 g/mol. The molecule has 1 radical (unpaired) electrons. The van der Waals surface area contributed by atoms with Crippen LogP contribution in [0.15, 0.2) is 12.2 Å². The Morgan fingerprint density at radius 3 is 2.50 bits per heavy atom. The molecule has 2 N–H and O–H groups in total. The van der Waals surface area contributed by atoms with E-state index in [0.29, 0.717) is 0 Å². The lowest BCUT2D eigenvalue weighted by atomic mass is 10.4. The molecule has 0 unspecified atom stereocenters. The quantitative estimate of drug-likeness (QED) is 0.524. The minimum absolute atomic E-state index is 0.728. The summed E-state index contributed by atoms with van der Waals surface area (Å²) < 4.78 is 0. The summed E-state index contributed by atoms with van der Waals surface area (Å²) >= 11 is 0. The predicted molar refractivity (Wildman–Crippen MR) is 28.2 cm³/mol. The van der Waals surface area contributed by atoms with Crippen molar-refractivity contribution in [3.63, 3.8) is 0 Å². The van der Waals surface area contributed by atoms with Crippen LogP contribution < -0.4 is 5.73 Å². The van der Waals surface area contributed by atoms with Gasteiger partial charge in [-0.15, -0.1) is 0 Å². The molecule has 0 saturated heterocycles. The second-order valence-electron chi connectivity index (χ2n) is 1.05. The first-order chi connectivity index (χ1) is 2.91. The topological polar surface area (TPSA) is 26.0 Å². The zero-order chi connectivity index (χ0) is 4.83. The van der Waals surface area contributed by atoms with Crippen molar-refractivity contribution >= 4 is 0 Å². The van der Waals surface area contributed by atoms with E-state index in [1.165, 1.54) is 0 Å². The summed E-state index contributed by atoms with van der Waals surface area (Å²) in [7, 11) is 0. The maximum Gasteiger partial charge on any atom is -0.00426 e. The summed E-state index contributed by atoms with van der Waals surface area (Å²) in [6.07, 6.45) is 4.65. The van der Waals surface area contributed by atoms with E-state index in [4.69, 9.17) is 5.73 Å². The molecule has 35 valence electrons. The number of rotatable bonds is 2. The van der Waals surface area contributed by atoms with Gasteiger partial charge in [0.25, 0.3) is 0 Å². The molecule has 0 aromatic rings. The van der Waals surface area contributed by atoms with Gasteiger partial charge in [0.05, 0.1) is 0 Å². The molecule has 0 spiro atoms. The Bertz CT molecular complexity index is 39.2. The standard InChI is InChI=1S/C5H10N/c1-2-3-4-5-6/h2-3H,1,4-6H2. The molecular formula is C5H10N. The van der Waals surface area contributed by atoms with Crippen LogP contribution in [0.2, 0.25) is 0 Å². The van der Waals surface area contributed by atoms with Gasteiger partial charge < -0.3 is 5.73 Å². The highest BCUT2D eigenvalue weighted by Crippen LogP contribution is 1.73. The highest BCUT2D eigenvalue weighted by molar-refractivity contribution is 4.83.